The molecule has 0 aliphatic heterocycles. The van der Waals surface area contributed by atoms with Crippen LogP contribution in [0.3, 0.4) is 0 Å². The summed E-state index contributed by atoms with van der Waals surface area (Å²) in [6, 6.07) is 6.52. The van der Waals surface area contributed by atoms with E-state index in [4.69, 9.17) is 0 Å². The Morgan fingerprint density at radius 3 is 2.38 bits per heavy atom. The molecule has 0 saturated heterocycles. The van der Waals surface area contributed by atoms with Crippen molar-refractivity contribution in [3.63, 3.8) is 0 Å². The van der Waals surface area contributed by atoms with Gasteiger partial charge >= 0.3 is 0 Å². The molecule has 1 aromatic carbocycles. The van der Waals surface area contributed by atoms with Crippen molar-refractivity contribution in [3.8, 4) is 0 Å². The second kappa shape index (κ2) is 8.59. The number of halogens is 1. The lowest BCUT2D eigenvalue weighted by Gasteiger charge is -2.24. The Bertz CT molecular complexity index is 509. The van der Waals surface area contributed by atoms with E-state index >= 15 is 0 Å². The average molecular weight is 288 g/mol. The lowest BCUT2D eigenvalue weighted by atomic mass is 9.79. The molecule has 0 bridgehead atoms. The van der Waals surface area contributed by atoms with Crippen LogP contribution in [0.1, 0.15) is 57.9 Å². The number of Topliss-reactive ketones (excluding diaryl/α,β-unsaturated/α-hetero) is 1. The van der Waals surface area contributed by atoms with E-state index in [1.807, 2.05) is 0 Å². The van der Waals surface area contributed by atoms with E-state index in [2.05, 4.69) is 33.1 Å². The van der Waals surface area contributed by atoms with Crippen molar-refractivity contribution >= 4 is 5.78 Å². The summed E-state index contributed by atoms with van der Waals surface area (Å²) in [5.41, 5.74) is 4.60. The highest BCUT2D eigenvalue weighted by atomic mass is 19.1. The zero-order valence-electron chi connectivity index (χ0n) is 13.3. The molecule has 21 heavy (non-hydrogen) atoms. The van der Waals surface area contributed by atoms with Crippen LogP contribution in [0.5, 0.6) is 0 Å². The van der Waals surface area contributed by atoms with Gasteiger partial charge in [0.1, 0.15) is 5.82 Å². The van der Waals surface area contributed by atoms with Gasteiger partial charge in [-0.3, -0.25) is 4.79 Å². The van der Waals surface area contributed by atoms with Gasteiger partial charge in [-0.1, -0.05) is 45.9 Å². The van der Waals surface area contributed by atoms with Gasteiger partial charge in [-0.2, -0.15) is 0 Å². The lowest BCUT2D eigenvalue weighted by Crippen LogP contribution is -2.18. The fraction of sp³-hybridized carbons (Fsp3) is 0.474. The standard InChI is InChI=1S/C19H25FO/c1-5-8-9-19(21)18(7-3)17(6-2)14(4)15-10-12-16(20)13-11-15/h10-14,17H,3,5-6,8-9H2,1-2,4H3. The number of hydrogen-bond donors (Lipinski definition) is 0. The molecule has 1 aromatic rings. The summed E-state index contributed by atoms with van der Waals surface area (Å²) < 4.78 is 13.0. The van der Waals surface area contributed by atoms with Crippen molar-refractivity contribution < 1.29 is 9.18 Å². The second-order valence-corrected chi connectivity index (χ2v) is 5.47. The number of carbonyl (C=O) groups is 1. The largest absolute Gasteiger partial charge is 0.294 e. The minimum Gasteiger partial charge on any atom is -0.294 e. The Hall–Kier alpha value is -1.66. The van der Waals surface area contributed by atoms with E-state index in [0.717, 1.165) is 24.8 Å². The van der Waals surface area contributed by atoms with Gasteiger partial charge in [0.15, 0.2) is 5.78 Å². The Labute approximate surface area is 127 Å². The summed E-state index contributed by atoms with van der Waals surface area (Å²) >= 11 is 0. The number of hydrogen-bond acceptors (Lipinski definition) is 1. The molecule has 2 atom stereocenters. The third-order valence-corrected chi connectivity index (χ3v) is 4.06. The maximum absolute atomic E-state index is 13.0. The molecule has 0 saturated carbocycles. The van der Waals surface area contributed by atoms with Crippen LogP contribution in [-0.4, -0.2) is 5.78 Å². The molecule has 0 radical (unpaired) electrons. The van der Waals surface area contributed by atoms with Crippen molar-refractivity contribution in [1.29, 1.82) is 0 Å². The van der Waals surface area contributed by atoms with Crippen molar-refractivity contribution in [2.24, 2.45) is 5.92 Å². The molecular weight excluding hydrogens is 263 g/mol. The summed E-state index contributed by atoms with van der Waals surface area (Å²) in [7, 11) is 0. The molecule has 2 unspecified atom stereocenters. The smallest absolute Gasteiger partial charge is 0.166 e. The molecule has 0 aliphatic carbocycles. The first kappa shape index (κ1) is 17.4. The maximum Gasteiger partial charge on any atom is 0.166 e. The van der Waals surface area contributed by atoms with Crippen LogP contribution in [0, 0.1) is 11.7 Å². The Morgan fingerprint density at radius 1 is 1.29 bits per heavy atom. The number of unbranched alkanes of at least 4 members (excludes halogenated alkanes) is 1. The highest BCUT2D eigenvalue weighted by Crippen LogP contribution is 2.33. The monoisotopic (exact) mass is 288 g/mol. The summed E-state index contributed by atoms with van der Waals surface area (Å²) in [5.74, 6) is 0.132. The molecule has 0 aliphatic rings. The molecule has 0 heterocycles. The van der Waals surface area contributed by atoms with Gasteiger partial charge in [0, 0.05) is 17.9 Å². The van der Waals surface area contributed by atoms with E-state index in [9.17, 15) is 9.18 Å². The summed E-state index contributed by atoms with van der Waals surface area (Å²) in [5, 5.41) is 0. The highest BCUT2D eigenvalue weighted by Gasteiger charge is 2.25. The number of carbonyl (C=O) groups excluding carboxylic acids is 1. The van der Waals surface area contributed by atoms with Crippen LogP contribution < -0.4 is 0 Å². The van der Waals surface area contributed by atoms with Crippen LogP contribution in [0.4, 0.5) is 4.39 Å². The number of benzene rings is 1. The molecule has 1 rings (SSSR count). The van der Waals surface area contributed by atoms with Crippen LogP contribution in [0.25, 0.3) is 0 Å². The van der Waals surface area contributed by atoms with E-state index in [-0.39, 0.29) is 23.4 Å². The molecule has 0 fully saturated rings. The average Bonchev–Trinajstić information content (AvgIpc) is 2.50. The van der Waals surface area contributed by atoms with E-state index in [1.54, 1.807) is 12.1 Å². The second-order valence-electron chi connectivity index (χ2n) is 5.47. The van der Waals surface area contributed by atoms with Gasteiger partial charge in [-0.05, 0) is 36.5 Å². The van der Waals surface area contributed by atoms with Crippen LogP contribution in [-0.2, 0) is 4.79 Å². The minimum absolute atomic E-state index is 0.0808. The third kappa shape index (κ3) is 4.68. The Kier molecular flexibility index (Phi) is 7.11. The third-order valence-electron chi connectivity index (χ3n) is 4.06. The predicted molar refractivity (Wildman–Crippen MR) is 85.8 cm³/mol. The summed E-state index contributed by atoms with van der Waals surface area (Å²) in [4.78, 5) is 12.3. The summed E-state index contributed by atoms with van der Waals surface area (Å²) in [6.07, 6.45) is 3.29. The topological polar surface area (TPSA) is 17.1 Å². The normalized spacial score (nSPS) is 13.3. The first-order chi connectivity index (χ1) is 10.0. The van der Waals surface area contributed by atoms with Crippen molar-refractivity contribution in [2.45, 2.75) is 52.4 Å². The van der Waals surface area contributed by atoms with Crippen molar-refractivity contribution in [2.75, 3.05) is 0 Å². The molecule has 0 N–H and O–H groups in total. The Morgan fingerprint density at radius 2 is 1.90 bits per heavy atom. The van der Waals surface area contributed by atoms with Crippen LogP contribution in [0.15, 0.2) is 42.1 Å². The van der Waals surface area contributed by atoms with Gasteiger partial charge in [0.25, 0.3) is 0 Å². The molecule has 2 heteroatoms. The van der Waals surface area contributed by atoms with Crippen LogP contribution in [0.2, 0.25) is 0 Å². The lowest BCUT2D eigenvalue weighted by molar-refractivity contribution is -0.116. The van der Waals surface area contributed by atoms with Gasteiger partial charge in [-0.25, -0.2) is 4.39 Å². The fourth-order valence-electron chi connectivity index (χ4n) is 2.71. The van der Waals surface area contributed by atoms with Gasteiger partial charge in [0.05, 0.1) is 0 Å². The van der Waals surface area contributed by atoms with Gasteiger partial charge in [-0.15, -0.1) is 5.73 Å². The predicted octanol–water partition coefficient (Wildman–Crippen LogP) is 5.43. The molecular formula is C19H25FO. The number of allylic oxidation sites excluding steroid dienone is 1. The van der Waals surface area contributed by atoms with Crippen LogP contribution >= 0.6 is 0 Å². The van der Waals surface area contributed by atoms with E-state index in [0.29, 0.717) is 12.0 Å². The van der Waals surface area contributed by atoms with Crippen molar-refractivity contribution in [3.05, 3.63) is 53.5 Å². The van der Waals surface area contributed by atoms with E-state index in [1.165, 1.54) is 12.1 Å². The van der Waals surface area contributed by atoms with Gasteiger partial charge in [0.2, 0.25) is 0 Å². The minimum atomic E-state index is -0.238. The molecule has 0 aromatic heterocycles. The molecule has 114 valence electrons. The first-order valence-electron chi connectivity index (χ1n) is 7.73. The zero-order valence-corrected chi connectivity index (χ0v) is 13.3. The Balaban J connectivity index is 2.96. The van der Waals surface area contributed by atoms with Gasteiger partial charge < -0.3 is 0 Å². The fourth-order valence-corrected chi connectivity index (χ4v) is 2.71. The number of rotatable bonds is 8. The first-order valence-corrected chi connectivity index (χ1v) is 7.73. The van der Waals surface area contributed by atoms with Crippen molar-refractivity contribution in [1.82, 2.24) is 0 Å². The zero-order chi connectivity index (χ0) is 15.8. The number of ketones is 1. The van der Waals surface area contributed by atoms with E-state index < -0.39 is 0 Å². The molecule has 1 nitrogen and oxygen atoms in total. The maximum atomic E-state index is 13.0. The SMILES string of the molecule is C=C=C(C(=O)CCCC)C(CC)C(C)c1ccc(F)cc1. The molecule has 0 spiro atoms. The highest BCUT2D eigenvalue weighted by molar-refractivity contribution is 5.95. The summed E-state index contributed by atoms with van der Waals surface area (Å²) in [6.45, 7) is 9.92. The molecule has 0 amide bonds. The quantitative estimate of drug-likeness (QED) is 0.460.